The lowest BCUT2D eigenvalue weighted by molar-refractivity contribution is -0.127. The van der Waals surface area contributed by atoms with Gasteiger partial charge in [-0.25, -0.2) is 14.3 Å². The van der Waals surface area contributed by atoms with Crippen molar-refractivity contribution < 1.29 is 19.1 Å². The van der Waals surface area contributed by atoms with Crippen LogP contribution in [-0.4, -0.2) is 44.2 Å². The first-order valence-electron chi connectivity index (χ1n) is 8.70. The summed E-state index contributed by atoms with van der Waals surface area (Å²) in [6.45, 7) is 1.65. The first-order chi connectivity index (χ1) is 14.0. The average Bonchev–Trinajstić information content (AvgIpc) is 3.28. The molecule has 0 bridgehead atoms. The van der Waals surface area contributed by atoms with E-state index in [1.54, 1.807) is 12.1 Å². The lowest BCUT2D eigenvalue weighted by Gasteiger charge is -2.13. The Hall–Kier alpha value is -4.08. The number of hydrogen-bond donors (Lipinski definition) is 2. The summed E-state index contributed by atoms with van der Waals surface area (Å²) in [5.41, 5.74) is 1.79. The van der Waals surface area contributed by atoms with E-state index in [4.69, 9.17) is 4.74 Å². The predicted octanol–water partition coefficient (Wildman–Crippen LogP) is 1.23. The van der Waals surface area contributed by atoms with Crippen molar-refractivity contribution in [1.82, 2.24) is 30.8 Å². The minimum absolute atomic E-state index is 0.245. The molecule has 10 nitrogen and oxygen atoms in total. The second-order valence-electron chi connectivity index (χ2n) is 6.01. The largest absolute Gasteiger partial charge is 0.449 e. The maximum atomic E-state index is 12.2. The second-order valence-corrected chi connectivity index (χ2v) is 6.01. The fourth-order valence-corrected chi connectivity index (χ4v) is 2.35. The lowest BCUT2D eigenvalue weighted by atomic mass is 10.2. The zero-order chi connectivity index (χ0) is 20.6. The van der Waals surface area contributed by atoms with Crippen molar-refractivity contribution in [2.45, 2.75) is 19.6 Å². The Kier molecular flexibility index (Phi) is 6.25. The molecule has 1 unspecified atom stereocenters. The lowest BCUT2D eigenvalue weighted by Crippen LogP contribution is -2.44. The number of imide groups is 1. The van der Waals surface area contributed by atoms with Gasteiger partial charge in [0.05, 0.1) is 11.3 Å². The Balaban J connectivity index is 1.48. The summed E-state index contributed by atoms with van der Waals surface area (Å²) in [5.74, 6) is -1.42. The van der Waals surface area contributed by atoms with Crippen molar-refractivity contribution >= 4 is 17.9 Å². The highest BCUT2D eigenvalue weighted by Crippen LogP contribution is 2.10. The van der Waals surface area contributed by atoms with E-state index < -0.39 is 24.0 Å². The van der Waals surface area contributed by atoms with Crippen LogP contribution in [0.2, 0.25) is 0 Å². The number of carbonyl (C=O) groups is 3. The molecule has 0 fully saturated rings. The third-order valence-electron chi connectivity index (χ3n) is 3.90. The quantitative estimate of drug-likeness (QED) is 0.602. The molecule has 0 aliphatic heterocycles. The van der Waals surface area contributed by atoms with Crippen LogP contribution in [0.4, 0.5) is 4.79 Å². The van der Waals surface area contributed by atoms with E-state index in [-0.39, 0.29) is 12.1 Å². The Morgan fingerprint density at radius 3 is 2.45 bits per heavy atom. The molecule has 0 saturated carbocycles. The summed E-state index contributed by atoms with van der Waals surface area (Å²) in [5, 5.41) is 15.5. The zero-order valence-electron chi connectivity index (χ0n) is 15.5. The minimum Gasteiger partial charge on any atom is -0.449 e. The summed E-state index contributed by atoms with van der Waals surface area (Å²) in [6, 6.07) is 14.9. The van der Waals surface area contributed by atoms with Gasteiger partial charge in [-0.2, -0.15) is 0 Å². The Morgan fingerprint density at radius 2 is 1.79 bits per heavy atom. The van der Waals surface area contributed by atoms with Crippen LogP contribution in [0.1, 0.15) is 22.8 Å². The number of esters is 1. The van der Waals surface area contributed by atoms with Gasteiger partial charge in [-0.05, 0) is 47.2 Å². The highest BCUT2D eigenvalue weighted by atomic mass is 16.5. The molecule has 2 aromatic carbocycles. The molecule has 0 saturated heterocycles. The number of ether oxygens (including phenoxy) is 1. The van der Waals surface area contributed by atoms with Gasteiger partial charge in [-0.3, -0.25) is 10.1 Å². The van der Waals surface area contributed by atoms with Crippen molar-refractivity contribution in [3.05, 3.63) is 72.1 Å². The standard InChI is InChI=1S/C19H18N6O4/c1-13(17(26)22-19(28)20-11-14-5-3-2-4-6-14)29-18(27)15-7-9-16(10-8-15)25-12-21-23-24-25/h2-10,12-13H,11H2,1H3,(H2,20,22,26,28). The average molecular weight is 394 g/mol. The normalized spacial score (nSPS) is 11.3. The van der Waals surface area contributed by atoms with E-state index in [1.807, 2.05) is 30.3 Å². The van der Waals surface area contributed by atoms with Gasteiger partial charge in [0, 0.05) is 6.54 Å². The molecule has 3 amide bonds. The summed E-state index contributed by atoms with van der Waals surface area (Å²) >= 11 is 0. The van der Waals surface area contributed by atoms with Crippen LogP contribution < -0.4 is 10.6 Å². The number of nitrogens with zero attached hydrogens (tertiary/aromatic N) is 4. The molecule has 2 N–H and O–H groups in total. The molecular weight excluding hydrogens is 376 g/mol. The van der Waals surface area contributed by atoms with Gasteiger partial charge in [0.15, 0.2) is 6.10 Å². The SMILES string of the molecule is CC(OC(=O)c1ccc(-n2cnnn2)cc1)C(=O)NC(=O)NCc1ccccc1. The monoisotopic (exact) mass is 394 g/mol. The fourth-order valence-electron chi connectivity index (χ4n) is 2.35. The van der Waals surface area contributed by atoms with Crippen molar-refractivity contribution in [1.29, 1.82) is 0 Å². The topological polar surface area (TPSA) is 128 Å². The molecule has 1 heterocycles. The van der Waals surface area contributed by atoms with E-state index in [2.05, 4.69) is 26.2 Å². The van der Waals surface area contributed by atoms with E-state index in [0.717, 1.165) is 5.56 Å². The molecular formula is C19H18N6O4. The Labute approximate surface area is 165 Å². The van der Waals surface area contributed by atoms with E-state index in [0.29, 0.717) is 5.69 Å². The Bertz CT molecular complexity index is 974. The molecule has 3 aromatic rings. The molecule has 148 valence electrons. The molecule has 0 radical (unpaired) electrons. The van der Waals surface area contributed by atoms with E-state index in [1.165, 1.54) is 30.1 Å². The number of hydrogen-bond acceptors (Lipinski definition) is 7. The van der Waals surface area contributed by atoms with Crippen LogP contribution >= 0.6 is 0 Å². The van der Waals surface area contributed by atoms with Crippen LogP contribution in [0.25, 0.3) is 5.69 Å². The number of nitrogens with one attached hydrogen (secondary N) is 2. The highest BCUT2D eigenvalue weighted by molar-refractivity contribution is 5.98. The number of aromatic nitrogens is 4. The number of benzene rings is 2. The van der Waals surface area contributed by atoms with Crippen LogP contribution in [0, 0.1) is 0 Å². The molecule has 3 rings (SSSR count). The number of carbonyl (C=O) groups excluding carboxylic acids is 3. The van der Waals surface area contributed by atoms with Gasteiger partial charge in [-0.15, -0.1) is 5.10 Å². The van der Waals surface area contributed by atoms with Gasteiger partial charge in [-0.1, -0.05) is 30.3 Å². The zero-order valence-corrected chi connectivity index (χ0v) is 15.5. The molecule has 0 aliphatic carbocycles. The minimum atomic E-state index is -1.15. The summed E-state index contributed by atoms with van der Waals surface area (Å²) in [6.07, 6.45) is 0.270. The molecule has 0 spiro atoms. The summed E-state index contributed by atoms with van der Waals surface area (Å²) in [7, 11) is 0. The molecule has 1 aromatic heterocycles. The smallest absolute Gasteiger partial charge is 0.338 e. The van der Waals surface area contributed by atoms with E-state index >= 15 is 0 Å². The summed E-state index contributed by atoms with van der Waals surface area (Å²) < 4.78 is 6.54. The number of urea groups is 1. The Morgan fingerprint density at radius 1 is 1.07 bits per heavy atom. The third-order valence-corrected chi connectivity index (χ3v) is 3.90. The van der Waals surface area contributed by atoms with E-state index in [9.17, 15) is 14.4 Å². The third kappa shape index (κ3) is 5.45. The molecule has 29 heavy (non-hydrogen) atoms. The van der Waals surface area contributed by atoms with Gasteiger partial charge >= 0.3 is 12.0 Å². The van der Waals surface area contributed by atoms with Crippen LogP contribution in [0.5, 0.6) is 0 Å². The van der Waals surface area contributed by atoms with Crippen molar-refractivity contribution in [2.75, 3.05) is 0 Å². The predicted molar refractivity (Wildman–Crippen MR) is 101 cm³/mol. The van der Waals surface area contributed by atoms with Crippen LogP contribution in [0.15, 0.2) is 60.9 Å². The maximum absolute atomic E-state index is 12.2. The molecule has 1 atom stereocenters. The first-order valence-corrected chi connectivity index (χ1v) is 8.70. The summed E-state index contributed by atoms with van der Waals surface area (Å²) in [4.78, 5) is 36.1. The number of tetrazole rings is 1. The fraction of sp³-hybridized carbons (Fsp3) is 0.158. The number of rotatable bonds is 6. The van der Waals surface area contributed by atoms with Crippen molar-refractivity contribution in [3.63, 3.8) is 0 Å². The molecule has 10 heteroatoms. The van der Waals surface area contributed by atoms with Gasteiger partial charge in [0.1, 0.15) is 6.33 Å². The van der Waals surface area contributed by atoms with Gasteiger partial charge in [0.2, 0.25) is 0 Å². The van der Waals surface area contributed by atoms with Crippen LogP contribution in [0.3, 0.4) is 0 Å². The molecule has 0 aliphatic rings. The first kappa shape index (κ1) is 19.7. The van der Waals surface area contributed by atoms with Crippen LogP contribution in [-0.2, 0) is 16.1 Å². The van der Waals surface area contributed by atoms with Gasteiger partial charge < -0.3 is 10.1 Å². The van der Waals surface area contributed by atoms with Crippen molar-refractivity contribution in [3.8, 4) is 5.69 Å². The second kappa shape index (κ2) is 9.22. The van der Waals surface area contributed by atoms with Crippen molar-refractivity contribution in [2.24, 2.45) is 0 Å². The number of amides is 3. The highest BCUT2D eigenvalue weighted by Gasteiger charge is 2.20. The van der Waals surface area contributed by atoms with Gasteiger partial charge in [0.25, 0.3) is 5.91 Å². The maximum Gasteiger partial charge on any atom is 0.338 e.